The lowest BCUT2D eigenvalue weighted by Crippen LogP contribution is -2.13. The highest BCUT2D eigenvalue weighted by Crippen LogP contribution is 2.30. The molecule has 1 amide bonds. The largest absolute Gasteiger partial charge is 0.326 e. The molecular formula is C15H15N3O. The lowest BCUT2D eigenvalue weighted by molar-refractivity contribution is -0.117. The molecular weight excluding hydrogens is 238 g/mol. The number of carbonyl (C=O) groups excluding carboxylic acids is 1. The molecule has 0 saturated heterocycles. The van der Waals surface area contributed by atoms with Gasteiger partial charge in [-0.2, -0.15) is 0 Å². The van der Waals surface area contributed by atoms with Gasteiger partial charge in [-0.15, -0.1) is 0 Å². The van der Waals surface area contributed by atoms with Crippen LogP contribution in [0, 0.1) is 5.92 Å². The van der Waals surface area contributed by atoms with E-state index < -0.39 is 0 Å². The zero-order valence-corrected chi connectivity index (χ0v) is 10.6. The number of allylic oxidation sites excluding steroid dienone is 2. The highest BCUT2D eigenvalue weighted by atomic mass is 16.2. The molecule has 0 spiro atoms. The SMILES string of the molecule is C=CC(=C)n1cnc2ccc(NC(=O)C3CC3)cc21. The van der Waals surface area contributed by atoms with Crippen LogP contribution >= 0.6 is 0 Å². The minimum absolute atomic E-state index is 0.105. The second-order valence-corrected chi connectivity index (χ2v) is 4.78. The molecule has 1 aliphatic carbocycles. The van der Waals surface area contributed by atoms with Crippen LogP contribution in [0.4, 0.5) is 5.69 Å². The number of aromatic nitrogens is 2. The quantitative estimate of drug-likeness (QED) is 0.851. The maximum atomic E-state index is 11.8. The minimum Gasteiger partial charge on any atom is -0.326 e. The molecule has 1 aromatic heterocycles. The number of carbonyl (C=O) groups is 1. The number of nitrogens with zero attached hydrogens (tertiary/aromatic N) is 2. The Hall–Kier alpha value is -2.36. The van der Waals surface area contributed by atoms with E-state index in [0.717, 1.165) is 35.3 Å². The number of rotatable bonds is 4. The summed E-state index contributed by atoms with van der Waals surface area (Å²) in [6, 6.07) is 5.68. The predicted octanol–water partition coefficient (Wildman–Crippen LogP) is 3.04. The monoisotopic (exact) mass is 253 g/mol. The van der Waals surface area contributed by atoms with Crippen LogP contribution in [0.2, 0.25) is 0 Å². The van der Waals surface area contributed by atoms with E-state index in [4.69, 9.17) is 0 Å². The molecule has 1 saturated carbocycles. The Morgan fingerprint density at radius 2 is 2.26 bits per heavy atom. The Bertz CT molecular complexity index is 680. The van der Waals surface area contributed by atoms with Crippen LogP contribution in [-0.4, -0.2) is 15.5 Å². The number of anilines is 1. The third-order valence-electron chi connectivity index (χ3n) is 3.31. The van der Waals surface area contributed by atoms with E-state index in [2.05, 4.69) is 23.5 Å². The summed E-state index contributed by atoms with van der Waals surface area (Å²) in [5.74, 6) is 0.303. The van der Waals surface area contributed by atoms with Crippen molar-refractivity contribution >= 4 is 28.3 Å². The molecule has 1 aromatic carbocycles. The van der Waals surface area contributed by atoms with Gasteiger partial charge in [-0.25, -0.2) is 4.98 Å². The predicted molar refractivity (Wildman–Crippen MR) is 76.6 cm³/mol. The van der Waals surface area contributed by atoms with Gasteiger partial charge in [0, 0.05) is 17.3 Å². The van der Waals surface area contributed by atoms with Crippen LogP contribution in [0.25, 0.3) is 16.7 Å². The van der Waals surface area contributed by atoms with E-state index in [-0.39, 0.29) is 11.8 Å². The number of benzene rings is 1. The molecule has 1 aliphatic rings. The van der Waals surface area contributed by atoms with E-state index in [1.165, 1.54) is 0 Å². The maximum Gasteiger partial charge on any atom is 0.227 e. The lowest BCUT2D eigenvalue weighted by Gasteiger charge is -2.06. The molecule has 0 atom stereocenters. The summed E-state index contributed by atoms with van der Waals surface area (Å²) in [4.78, 5) is 16.1. The minimum atomic E-state index is 0.105. The van der Waals surface area contributed by atoms with E-state index in [1.807, 2.05) is 22.8 Å². The van der Waals surface area contributed by atoms with Crippen molar-refractivity contribution in [2.75, 3.05) is 5.32 Å². The summed E-state index contributed by atoms with van der Waals surface area (Å²) in [7, 11) is 0. The van der Waals surface area contributed by atoms with Crippen LogP contribution < -0.4 is 5.32 Å². The number of fused-ring (bicyclic) bond motifs is 1. The number of hydrogen-bond acceptors (Lipinski definition) is 2. The molecule has 1 N–H and O–H groups in total. The van der Waals surface area contributed by atoms with Gasteiger partial charge in [-0.05, 0) is 37.1 Å². The molecule has 2 aromatic rings. The average molecular weight is 253 g/mol. The number of nitrogens with one attached hydrogen (secondary N) is 1. The number of imidazole rings is 1. The average Bonchev–Trinajstić information content (AvgIpc) is 3.18. The van der Waals surface area contributed by atoms with Gasteiger partial charge in [0.25, 0.3) is 0 Å². The Labute approximate surface area is 111 Å². The number of amides is 1. The molecule has 0 aliphatic heterocycles. The molecule has 0 unspecified atom stereocenters. The van der Waals surface area contributed by atoms with E-state index in [9.17, 15) is 4.79 Å². The van der Waals surface area contributed by atoms with Crippen molar-refractivity contribution in [3.63, 3.8) is 0 Å². The molecule has 0 radical (unpaired) electrons. The van der Waals surface area contributed by atoms with Gasteiger partial charge < -0.3 is 5.32 Å². The van der Waals surface area contributed by atoms with Crippen molar-refractivity contribution in [3.05, 3.63) is 43.8 Å². The van der Waals surface area contributed by atoms with Gasteiger partial charge in [0.1, 0.15) is 6.33 Å². The molecule has 0 bridgehead atoms. The fraction of sp³-hybridized carbons (Fsp3) is 0.200. The second-order valence-electron chi connectivity index (χ2n) is 4.78. The highest BCUT2D eigenvalue weighted by molar-refractivity contribution is 5.96. The van der Waals surface area contributed by atoms with Gasteiger partial charge in [0.15, 0.2) is 0 Å². The van der Waals surface area contributed by atoms with Crippen LogP contribution in [0.15, 0.2) is 43.8 Å². The van der Waals surface area contributed by atoms with Crippen LogP contribution in [0.5, 0.6) is 0 Å². The summed E-state index contributed by atoms with van der Waals surface area (Å²) in [5, 5.41) is 2.93. The topological polar surface area (TPSA) is 46.9 Å². The summed E-state index contributed by atoms with van der Waals surface area (Å²) < 4.78 is 1.86. The Balaban J connectivity index is 1.96. The third-order valence-corrected chi connectivity index (χ3v) is 3.31. The van der Waals surface area contributed by atoms with Crippen molar-refractivity contribution in [3.8, 4) is 0 Å². The Morgan fingerprint density at radius 1 is 1.47 bits per heavy atom. The second kappa shape index (κ2) is 4.39. The Kier molecular flexibility index (Phi) is 2.71. The van der Waals surface area contributed by atoms with Crippen LogP contribution in [0.3, 0.4) is 0 Å². The summed E-state index contributed by atoms with van der Waals surface area (Å²) >= 11 is 0. The molecule has 3 rings (SSSR count). The smallest absolute Gasteiger partial charge is 0.227 e. The lowest BCUT2D eigenvalue weighted by atomic mass is 10.2. The van der Waals surface area contributed by atoms with E-state index >= 15 is 0 Å². The third kappa shape index (κ3) is 2.17. The van der Waals surface area contributed by atoms with Gasteiger partial charge in [-0.3, -0.25) is 9.36 Å². The zero-order valence-electron chi connectivity index (χ0n) is 10.6. The number of hydrogen-bond donors (Lipinski definition) is 1. The summed E-state index contributed by atoms with van der Waals surface area (Å²) in [6.07, 6.45) is 5.39. The highest BCUT2D eigenvalue weighted by Gasteiger charge is 2.29. The Morgan fingerprint density at radius 3 is 2.95 bits per heavy atom. The van der Waals surface area contributed by atoms with E-state index in [1.54, 1.807) is 12.4 Å². The first-order valence-corrected chi connectivity index (χ1v) is 6.29. The summed E-state index contributed by atoms with van der Waals surface area (Å²) in [6.45, 7) is 7.62. The summed E-state index contributed by atoms with van der Waals surface area (Å²) in [5.41, 5.74) is 3.34. The molecule has 4 heteroatoms. The van der Waals surface area contributed by atoms with Gasteiger partial charge in [-0.1, -0.05) is 13.2 Å². The van der Waals surface area contributed by atoms with Gasteiger partial charge >= 0.3 is 0 Å². The van der Waals surface area contributed by atoms with E-state index in [0.29, 0.717) is 0 Å². The first-order chi connectivity index (χ1) is 9.19. The van der Waals surface area contributed by atoms with Crippen molar-refractivity contribution in [1.29, 1.82) is 0 Å². The molecule has 4 nitrogen and oxygen atoms in total. The van der Waals surface area contributed by atoms with Crippen LogP contribution in [-0.2, 0) is 4.79 Å². The fourth-order valence-corrected chi connectivity index (χ4v) is 2.00. The van der Waals surface area contributed by atoms with Gasteiger partial charge in [0.2, 0.25) is 5.91 Å². The zero-order chi connectivity index (χ0) is 13.4. The maximum absolute atomic E-state index is 11.8. The fourth-order valence-electron chi connectivity index (χ4n) is 2.00. The normalized spacial score (nSPS) is 14.3. The first-order valence-electron chi connectivity index (χ1n) is 6.29. The van der Waals surface area contributed by atoms with Crippen molar-refractivity contribution < 1.29 is 4.79 Å². The molecule has 1 heterocycles. The molecule has 1 fully saturated rings. The standard InChI is InChI=1S/C15H15N3O/c1-3-10(2)18-9-16-13-7-6-12(8-14(13)18)17-15(19)11-4-5-11/h3,6-9,11H,1-2,4-5H2,(H,17,19). The van der Waals surface area contributed by atoms with Crippen molar-refractivity contribution in [2.45, 2.75) is 12.8 Å². The first kappa shape index (κ1) is 11.7. The van der Waals surface area contributed by atoms with Gasteiger partial charge in [0.05, 0.1) is 11.0 Å². The molecule has 96 valence electrons. The van der Waals surface area contributed by atoms with Crippen LogP contribution in [0.1, 0.15) is 12.8 Å². The molecule has 19 heavy (non-hydrogen) atoms. The van der Waals surface area contributed by atoms with Crippen molar-refractivity contribution in [1.82, 2.24) is 9.55 Å². The van der Waals surface area contributed by atoms with Crippen molar-refractivity contribution in [2.24, 2.45) is 5.92 Å².